The normalized spacial score (nSPS) is 15.7. The molecule has 3 N–H and O–H groups in total. The smallest absolute Gasteiger partial charge is 0.126 e. The molecule has 2 nitrogen and oxygen atoms in total. The quantitative estimate of drug-likeness (QED) is 0.877. The summed E-state index contributed by atoms with van der Waals surface area (Å²) in [6, 6.07) is 4.32. The number of benzene rings is 1. The standard InChI is InChI=1S/C13H19ClFNO/c1-12(2,3)13(17,8-16)7-9-6-10(14)4-5-11(9)15/h4-6,17H,7-8,16H2,1-3H3. The van der Waals surface area contributed by atoms with Gasteiger partial charge in [-0.15, -0.1) is 0 Å². The van der Waals surface area contributed by atoms with Crippen molar-refractivity contribution in [3.8, 4) is 0 Å². The summed E-state index contributed by atoms with van der Waals surface area (Å²) in [5.41, 5.74) is 4.42. The molecular weight excluding hydrogens is 241 g/mol. The molecule has 1 unspecified atom stereocenters. The molecule has 17 heavy (non-hydrogen) atoms. The van der Waals surface area contributed by atoms with E-state index in [0.29, 0.717) is 10.6 Å². The van der Waals surface area contributed by atoms with Crippen LogP contribution in [-0.4, -0.2) is 17.3 Å². The van der Waals surface area contributed by atoms with Crippen LogP contribution >= 0.6 is 11.6 Å². The topological polar surface area (TPSA) is 46.2 Å². The van der Waals surface area contributed by atoms with Crippen molar-refractivity contribution in [3.63, 3.8) is 0 Å². The molecule has 0 aliphatic rings. The van der Waals surface area contributed by atoms with E-state index in [0.717, 1.165) is 0 Å². The van der Waals surface area contributed by atoms with Crippen molar-refractivity contribution in [1.82, 2.24) is 0 Å². The van der Waals surface area contributed by atoms with Gasteiger partial charge in [-0.3, -0.25) is 0 Å². The monoisotopic (exact) mass is 259 g/mol. The highest BCUT2D eigenvalue weighted by molar-refractivity contribution is 6.30. The summed E-state index contributed by atoms with van der Waals surface area (Å²) in [5, 5.41) is 10.9. The summed E-state index contributed by atoms with van der Waals surface area (Å²) >= 11 is 5.82. The van der Waals surface area contributed by atoms with Gasteiger partial charge in [-0.1, -0.05) is 32.4 Å². The van der Waals surface area contributed by atoms with Gasteiger partial charge in [0.2, 0.25) is 0 Å². The number of hydrogen-bond donors (Lipinski definition) is 2. The zero-order valence-electron chi connectivity index (χ0n) is 10.4. The van der Waals surface area contributed by atoms with Crippen LogP contribution in [-0.2, 0) is 6.42 Å². The summed E-state index contributed by atoms with van der Waals surface area (Å²) in [4.78, 5) is 0. The Morgan fingerprint density at radius 2 is 1.94 bits per heavy atom. The van der Waals surface area contributed by atoms with E-state index in [9.17, 15) is 9.50 Å². The number of rotatable bonds is 3. The first-order chi connectivity index (χ1) is 7.69. The highest BCUT2D eigenvalue weighted by Crippen LogP contribution is 2.33. The van der Waals surface area contributed by atoms with Crippen molar-refractivity contribution in [2.45, 2.75) is 32.8 Å². The highest BCUT2D eigenvalue weighted by atomic mass is 35.5. The van der Waals surface area contributed by atoms with Crippen molar-refractivity contribution >= 4 is 11.6 Å². The van der Waals surface area contributed by atoms with E-state index in [1.807, 2.05) is 20.8 Å². The van der Waals surface area contributed by atoms with Crippen molar-refractivity contribution in [3.05, 3.63) is 34.6 Å². The van der Waals surface area contributed by atoms with Gasteiger partial charge in [0.1, 0.15) is 5.82 Å². The van der Waals surface area contributed by atoms with Crippen molar-refractivity contribution < 1.29 is 9.50 Å². The van der Waals surface area contributed by atoms with E-state index < -0.39 is 11.0 Å². The minimum absolute atomic E-state index is 0.0719. The molecule has 96 valence electrons. The molecule has 1 aromatic carbocycles. The molecule has 1 atom stereocenters. The van der Waals surface area contributed by atoms with Gasteiger partial charge in [0.25, 0.3) is 0 Å². The fraction of sp³-hybridized carbons (Fsp3) is 0.538. The van der Waals surface area contributed by atoms with Crippen LogP contribution in [0.5, 0.6) is 0 Å². The van der Waals surface area contributed by atoms with Crippen LogP contribution in [0.1, 0.15) is 26.3 Å². The second-order valence-electron chi connectivity index (χ2n) is 5.40. The molecule has 0 aromatic heterocycles. The summed E-state index contributed by atoms with van der Waals surface area (Å²) in [6.45, 7) is 5.70. The van der Waals surface area contributed by atoms with Crippen LogP contribution in [0, 0.1) is 11.2 Å². The van der Waals surface area contributed by atoms with Gasteiger partial charge in [-0.2, -0.15) is 0 Å². The number of nitrogens with two attached hydrogens (primary N) is 1. The molecule has 0 radical (unpaired) electrons. The molecule has 0 amide bonds. The average Bonchev–Trinajstić information content (AvgIpc) is 2.21. The largest absolute Gasteiger partial charge is 0.388 e. The van der Waals surface area contributed by atoms with Crippen LogP contribution in [0.4, 0.5) is 4.39 Å². The molecule has 0 bridgehead atoms. The minimum Gasteiger partial charge on any atom is -0.388 e. The van der Waals surface area contributed by atoms with E-state index >= 15 is 0 Å². The molecule has 0 aliphatic heterocycles. The first-order valence-electron chi connectivity index (χ1n) is 5.56. The summed E-state index contributed by atoms with van der Waals surface area (Å²) in [5.74, 6) is -0.370. The highest BCUT2D eigenvalue weighted by Gasteiger charge is 2.39. The molecule has 0 aliphatic carbocycles. The van der Waals surface area contributed by atoms with Crippen LogP contribution in [0.2, 0.25) is 5.02 Å². The molecule has 0 saturated heterocycles. The van der Waals surface area contributed by atoms with Crippen LogP contribution in [0.25, 0.3) is 0 Å². The Bertz CT molecular complexity index is 403. The lowest BCUT2D eigenvalue weighted by molar-refractivity contribution is -0.0495. The maximum atomic E-state index is 13.6. The zero-order chi connectivity index (χ0) is 13.3. The van der Waals surface area contributed by atoms with E-state index in [1.54, 1.807) is 0 Å². The van der Waals surface area contributed by atoms with Gasteiger partial charge in [0.15, 0.2) is 0 Å². The number of hydrogen-bond acceptors (Lipinski definition) is 2. The van der Waals surface area contributed by atoms with Crippen molar-refractivity contribution in [2.75, 3.05) is 6.54 Å². The third kappa shape index (κ3) is 3.18. The fourth-order valence-electron chi connectivity index (χ4n) is 1.64. The predicted molar refractivity (Wildman–Crippen MR) is 68.6 cm³/mol. The Morgan fingerprint density at radius 1 is 1.35 bits per heavy atom. The molecular formula is C13H19ClFNO. The Labute approximate surface area is 107 Å². The summed E-state index contributed by atoms with van der Waals surface area (Å²) in [6.07, 6.45) is 0.152. The van der Waals surface area contributed by atoms with Gasteiger partial charge in [-0.25, -0.2) is 4.39 Å². The van der Waals surface area contributed by atoms with Gasteiger partial charge in [0.05, 0.1) is 5.60 Å². The van der Waals surface area contributed by atoms with E-state index in [2.05, 4.69) is 0 Å². The van der Waals surface area contributed by atoms with Gasteiger partial charge in [-0.05, 0) is 29.2 Å². The third-order valence-corrected chi connectivity index (χ3v) is 3.46. The Balaban J connectivity index is 3.07. The molecule has 0 heterocycles. The fourth-order valence-corrected chi connectivity index (χ4v) is 1.83. The first kappa shape index (κ1) is 14.4. The summed E-state index contributed by atoms with van der Waals surface area (Å²) in [7, 11) is 0. The molecule has 0 saturated carbocycles. The lowest BCUT2D eigenvalue weighted by atomic mass is 9.73. The Hall–Kier alpha value is -0.640. The zero-order valence-corrected chi connectivity index (χ0v) is 11.2. The Kier molecular flexibility index (Phi) is 4.18. The third-order valence-electron chi connectivity index (χ3n) is 3.22. The lowest BCUT2D eigenvalue weighted by Gasteiger charge is -2.39. The minimum atomic E-state index is -1.15. The van der Waals surface area contributed by atoms with E-state index in [-0.39, 0.29) is 18.8 Å². The molecule has 0 spiro atoms. The maximum absolute atomic E-state index is 13.6. The molecule has 0 fully saturated rings. The van der Waals surface area contributed by atoms with Gasteiger partial charge >= 0.3 is 0 Å². The van der Waals surface area contributed by atoms with Crippen LogP contribution < -0.4 is 5.73 Å². The lowest BCUT2D eigenvalue weighted by Crippen LogP contribution is -2.51. The summed E-state index contributed by atoms with van der Waals surface area (Å²) < 4.78 is 13.6. The van der Waals surface area contributed by atoms with Gasteiger partial charge in [0, 0.05) is 18.0 Å². The van der Waals surface area contributed by atoms with E-state index in [4.69, 9.17) is 17.3 Å². The Morgan fingerprint density at radius 3 is 2.41 bits per heavy atom. The first-order valence-corrected chi connectivity index (χ1v) is 5.94. The SMILES string of the molecule is CC(C)(C)C(O)(CN)Cc1cc(Cl)ccc1F. The second kappa shape index (κ2) is 4.92. The van der Waals surface area contributed by atoms with E-state index in [1.165, 1.54) is 18.2 Å². The van der Waals surface area contributed by atoms with Crippen LogP contribution in [0.3, 0.4) is 0 Å². The molecule has 1 rings (SSSR count). The van der Waals surface area contributed by atoms with Crippen molar-refractivity contribution in [2.24, 2.45) is 11.1 Å². The van der Waals surface area contributed by atoms with Crippen LogP contribution in [0.15, 0.2) is 18.2 Å². The number of halogens is 2. The molecule has 4 heteroatoms. The predicted octanol–water partition coefficient (Wildman–Crippen LogP) is 2.76. The average molecular weight is 260 g/mol. The maximum Gasteiger partial charge on any atom is 0.126 e. The van der Waals surface area contributed by atoms with Crippen molar-refractivity contribution in [1.29, 1.82) is 0 Å². The number of aliphatic hydroxyl groups is 1. The second-order valence-corrected chi connectivity index (χ2v) is 5.83. The molecule has 1 aromatic rings. The van der Waals surface area contributed by atoms with Gasteiger partial charge < -0.3 is 10.8 Å².